The smallest absolute Gasteiger partial charge is 0.291 e. The molecule has 0 saturated heterocycles. The summed E-state index contributed by atoms with van der Waals surface area (Å²) < 4.78 is 35.9. The van der Waals surface area contributed by atoms with Gasteiger partial charge in [-0.15, -0.1) is 0 Å². The lowest BCUT2D eigenvalue weighted by atomic mass is 9.97. The molecule has 178 valence electrons. The molecule has 7 nitrogen and oxygen atoms in total. The van der Waals surface area contributed by atoms with Crippen LogP contribution >= 0.6 is 0 Å². The van der Waals surface area contributed by atoms with E-state index < -0.39 is 11.9 Å². The molecule has 1 atom stereocenters. The summed E-state index contributed by atoms with van der Waals surface area (Å²) in [6, 6.07) is 15.3. The van der Waals surface area contributed by atoms with Crippen molar-refractivity contribution in [2.24, 2.45) is 0 Å². The summed E-state index contributed by atoms with van der Waals surface area (Å²) in [6.07, 6.45) is 0. The molecular formula is C27H22FNO6. The Hall–Kier alpha value is -4.33. The minimum absolute atomic E-state index is 0.0189. The molecule has 0 spiro atoms. The second-order valence-electron chi connectivity index (χ2n) is 8.09. The molecule has 2 heterocycles. The van der Waals surface area contributed by atoms with Crippen molar-refractivity contribution in [3.63, 3.8) is 0 Å². The van der Waals surface area contributed by atoms with Gasteiger partial charge in [0.25, 0.3) is 5.91 Å². The summed E-state index contributed by atoms with van der Waals surface area (Å²) in [6.45, 7) is 0.125. The fraction of sp³-hybridized carbons (Fsp3) is 0.185. The van der Waals surface area contributed by atoms with Crippen LogP contribution in [0, 0.1) is 5.82 Å². The molecule has 0 radical (unpaired) electrons. The van der Waals surface area contributed by atoms with E-state index in [1.807, 2.05) is 0 Å². The van der Waals surface area contributed by atoms with E-state index in [0.29, 0.717) is 39.3 Å². The molecule has 1 aliphatic heterocycles. The second-order valence-corrected chi connectivity index (χ2v) is 8.09. The molecule has 35 heavy (non-hydrogen) atoms. The number of benzene rings is 3. The minimum Gasteiger partial charge on any atom is -0.493 e. The molecule has 1 amide bonds. The van der Waals surface area contributed by atoms with Gasteiger partial charge in [-0.1, -0.05) is 24.3 Å². The van der Waals surface area contributed by atoms with Gasteiger partial charge in [-0.2, -0.15) is 0 Å². The highest BCUT2D eigenvalue weighted by atomic mass is 19.1. The summed E-state index contributed by atoms with van der Waals surface area (Å²) in [5, 5.41) is 0.375. The molecule has 1 aromatic heterocycles. The van der Waals surface area contributed by atoms with Crippen molar-refractivity contribution in [1.82, 2.24) is 4.90 Å². The maximum absolute atomic E-state index is 13.6. The van der Waals surface area contributed by atoms with Crippen molar-refractivity contribution in [1.29, 1.82) is 0 Å². The van der Waals surface area contributed by atoms with Gasteiger partial charge in [0, 0.05) is 6.54 Å². The van der Waals surface area contributed by atoms with Gasteiger partial charge in [0.2, 0.25) is 11.5 Å². The maximum atomic E-state index is 13.6. The topological polar surface area (TPSA) is 78.2 Å². The van der Waals surface area contributed by atoms with Crippen molar-refractivity contribution in [3.8, 4) is 17.2 Å². The van der Waals surface area contributed by atoms with Crippen LogP contribution in [0.25, 0.3) is 11.0 Å². The van der Waals surface area contributed by atoms with E-state index >= 15 is 0 Å². The van der Waals surface area contributed by atoms with Crippen molar-refractivity contribution >= 4 is 16.9 Å². The Labute approximate surface area is 200 Å². The maximum Gasteiger partial charge on any atom is 0.291 e. The van der Waals surface area contributed by atoms with Gasteiger partial charge in [0.1, 0.15) is 11.4 Å². The predicted molar refractivity (Wildman–Crippen MR) is 127 cm³/mol. The quantitative estimate of drug-likeness (QED) is 0.402. The molecule has 0 saturated carbocycles. The molecule has 0 unspecified atom stereocenters. The number of halogens is 1. The van der Waals surface area contributed by atoms with Crippen LogP contribution in [0.5, 0.6) is 17.2 Å². The van der Waals surface area contributed by atoms with Gasteiger partial charge in [-0.3, -0.25) is 9.59 Å². The molecule has 4 aromatic rings. The molecule has 1 aliphatic rings. The Bertz CT molecular complexity index is 1470. The van der Waals surface area contributed by atoms with Gasteiger partial charge in [-0.25, -0.2) is 4.39 Å². The Morgan fingerprint density at radius 1 is 0.914 bits per heavy atom. The highest BCUT2D eigenvalue weighted by Crippen LogP contribution is 2.45. The number of fused-ring (bicyclic) bond motifs is 2. The Morgan fingerprint density at radius 3 is 2.20 bits per heavy atom. The molecule has 3 aromatic carbocycles. The zero-order valence-electron chi connectivity index (χ0n) is 19.3. The highest BCUT2D eigenvalue weighted by molar-refractivity contribution is 5.99. The van der Waals surface area contributed by atoms with Gasteiger partial charge in [0.05, 0.1) is 38.3 Å². The lowest BCUT2D eigenvalue weighted by Gasteiger charge is -2.26. The number of para-hydroxylation sites is 1. The first-order chi connectivity index (χ1) is 17.0. The monoisotopic (exact) mass is 475 g/mol. The average Bonchev–Trinajstić information content (AvgIpc) is 3.16. The Balaban J connectivity index is 1.75. The molecule has 8 heteroatoms. The average molecular weight is 475 g/mol. The van der Waals surface area contributed by atoms with E-state index in [2.05, 4.69) is 0 Å². The van der Waals surface area contributed by atoms with Crippen LogP contribution in [0.4, 0.5) is 4.39 Å². The van der Waals surface area contributed by atoms with Crippen molar-refractivity contribution in [2.75, 3.05) is 21.3 Å². The molecule has 0 bridgehead atoms. The second kappa shape index (κ2) is 8.79. The van der Waals surface area contributed by atoms with Gasteiger partial charge < -0.3 is 23.5 Å². The zero-order chi connectivity index (χ0) is 24.7. The van der Waals surface area contributed by atoms with E-state index in [9.17, 15) is 14.0 Å². The Kier molecular flexibility index (Phi) is 5.64. The predicted octanol–water partition coefficient (Wildman–Crippen LogP) is 4.70. The first-order valence-corrected chi connectivity index (χ1v) is 10.9. The number of carbonyl (C=O) groups excluding carboxylic acids is 1. The van der Waals surface area contributed by atoms with Crippen LogP contribution < -0.4 is 19.6 Å². The first kappa shape index (κ1) is 22.5. The third-order valence-corrected chi connectivity index (χ3v) is 6.14. The summed E-state index contributed by atoms with van der Waals surface area (Å²) in [5.41, 5.74) is 1.54. The van der Waals surface area contributed by atoms with Crippen molar-refractivity contribution in [2.45, 2.75) is 12.6 Å². The van der Waals surface area contributed by atoms with E-state index in [0.717, 1.165) is 0 Å². The van der Waals surface area contributed by atoms with Gasteiger partial charge in [0.15, 0.2) is 16.9 Å². The number of methoxy groups -OCH3 is 3. The van der Waals surface area contributed by atoms with E-state index in [4.69, 9.17) is 18.6 Å². The fourth-order valence-corrected chi connectivity index (χ4v) is 4.52. The summed E-state index contributed by atoms with van der Waals surface area (Å²) in [5.74, 6) is 0.317. The van der Waals surface area contributed by atoms with Gasteiger partial charge in [-0.05, 0) is 47.5 Å². The third kappa shape index (κ3) is 3.67. The number of carbonyl (C=O) groups is 1. The standard InChI is InChI=1S/C27H22FNO6/c1-32-20-12-16(13-21(33-2)25(20)34-3)23-22-24(30)18-6-4-5-7-19(18)35-26(22)27(31)29(23)14-15-8-10-17(28)11-9-15/h4-13,23H,14H2,1-3H3/t23-/m0/s1. The van der Waals surface area contributed by atoms with E-state index in [-0.39, 0.29) is 29.1 Å². The number of ether oxygens (including phenoxy) is 3. The van der Waals surface area contributed by atoms with Crippen LogP contribution in [0.2, 0.25) is 0 Å². The van der Waals surface area contributed by atoms with Crippen LogP contribution in [0.1, 0.15) is 33.3 Å². The molecule has 0 aliphatic carbocycles. The number of hydrogen-bond donors (Lipinski definition) is 0. The lowest BCUT2D eigenvalue weighted by Crippen LogP contribution is -2.29. The van der Waals surface area contributed by atoms with Crippen LogP contribution in [0.3, 0.4) is 0 Å². The Morgan fingerprint density at radius 2 is 1.57 bits per heavy atom. The normalized spacial score (nSPS) is 14.8. The number of nitrogens with zero attached hydrogens (tertiary/aromatic N) is 1. The fourth-order valence-electron chi connectivity index (χ4n) is 4.52. The molecule has 0 N–H and O–H groups in total. The number of amides is 1. The minimum atomic E-state index is -0.794. The van der Waals surface area contributed by atoms with Crippen LogP contribution in [-0.4, -0.2) is 32.1 Å². The van der Waals surface area contributed by atoms with Crippen LogP contribution in [-0.2, 0) is 6.54 Å². The molecule has 0 fully saturated rings. The van der Waals surface area contributed by atoms with Crippen LogP contribution in [0.15, 0.2) is 69.9 Å². The van der Waals surface area contributed by atoms with E-state index in [1.165, 1.54) is 38.4 Å². The number of rotatable bonds is 6. The summed E-state index contributed by atoms with van der Waals surface area (Å²) in [4.78, 5) is 28.8. The first-order valence-electron chi connectivity index (χ1n) is 10.9. The molecule has 5 rings (SSSR count). The lowest BCUT2D eigenvalue weighted by molar-refractivity contribution is 0.0714. The largest absolute Gasteiger partial charge is 0.493 e. The molecular weight excluding hydrogens is 453 g/mol. The number of hydrogen-bond acceptors (Lipinski definition) is 6. The highest BCUT2D eigenvalue weighted by Gasteiger charge is 2.43. The van der Waals surface area contributed by atoms with E-state index in [1.54, 1.807) is 48.5 Å². The summed E-state index contributed by atoms with van der Waals surface area (Å²) in [7, 11) is 4.48. The zero-order valence-corrected chi connectivity index (χ0v) is 19.3. The summed E-state index contributed by atoms with van der Waals surface area (Å²) >= 11 is 0. The van der Waals surface area contributed by atoms with Crippen molar-refractivity contribution in [3.05, 3.63) is 99.2 Å². The SMILES string of the molecule is COc1cc([C@H]2c3c(oc4ccccc4c3=O)C(=O)N2Cc2ccc(F)cc2)cc(OC)c1OC. The third-order valence-electron chi connectivity index (χ3n) is 6.14. The van der Waals surface area contributed by atoms with Gasteiger partial charge >= 0.3 is 0 Å². The van der Waals surface area contributed by atoms with Crippen molar-refractivity contribution < 1.29 is 27.8 Å².